The molecule has 4 N–H and O–H groups in total. The average molecular weight is 347 g/mol. The van der Waals surface area contributed by atoms with E-state index in [4.69, 9.17) is 5.73 Å². The molecule has 1 aliphatic rings. The van der Waals surface area contributed by atoms with Gasteiger partial charge >= 0.3 is 0 Å². The maximum absolute atomic E-state index is 11.5. The molecular formula is C22H25N3O. The molecule has 1 amide bonds. The number of aryl methyl sites for hydroxylation is 2. The van der Waals surface area contributed by atoms with Gasteiger partial charge in [-0.3, -0.25) is 4.79 Å². The predicted molar refractivity (Wildman–Crippen MR) is 105 cm³/mol. The molecule has 1 heterocycles. The van der Waals surface area contributed by atoms with Crippen molar-refractivity contribution in [2.75, 3.05) is 6.54 Å². The Kier molecular flexibility index (Phi) is 4.76. The summed E-state index contributed by atoms with van der Waals surface area (Å²) >= 11 is 0. The van der Waals surface area contributed by atoms with Gasteiger partial charge in [-0.25, -0.2) is 0 Å². The standard InChI is InChI=1S/C22H25N3O/c23-22(26)16-11-12-19-18(14-16)17-9-4-10-20(21(17)25-19)24-13-5-8-15-6-2-1-3-7-15/h1-3,6-7,11-12,14,20,24-25H,4-5,8-10,13H2,(H2,23,26). The van der Waals surface area contributed by atoms with E-state index >= 15 is 0 Å². The van der Waals surface area contributed by atoms with Crippen molar-refractivity contribution in [1.29, 1.82) is 0 Å². The molecule has 26 heavy (non-hydrogen) atoms. The number of aromatic nitrogens is 1. The van der Waals surface area contributed by atoms with Gasteiger partial charge in [-0.2, -0.15) is 0 Å². The number of fused-ring (bicyclic) bond motifs is 3. The summed E-state index contributed by atoms with van der Waals surface area (Å²) in [6.07, 6.45) is 5.59. The van der Waals surface area contributed by atoms with Gasteiger partial charge in [0, 0.05) is 28.2 Å². The number of hydrogen-bond donors (Lipinski definition) is 3. The molecule has 0 fully saturated rings. The highest BCUT2D eigenvalue weighted by Gasteiger charge is 2.24. The fourth-order valence-electron chi connectivity index (χ4n) is 4.03. The first-order chi connectivity index (χ1) is 12.7. The molecule has 1 aromatic heterocycles. The SMILES string of the molecule is NC(=O)c1ccc2[nH]c3c(c2c1)CCCC3NCCCc1ccccc1. The van der Waals surface area contributed by atoms with Gasteiger partial charge in [-0.15, -0.1) is 0 Å². The van der Waals surface area contributed by atoms with E-state index in [1.165, 1.54) is 16.8 Å². The van der Waals surface area contributed by atoms with E-state index in [9.17, 15) is 4.79 Å². The minimum absolute atomic E-state index is 0.360. The number of benzene rings is 2. The van der Waals surface area contributed by atoms with Gasteiger partial charge in [0.1, 0.15) is 0 Å². The van der Waals surface area contributed by atoms with Crippen LogP contribution in [0.2, 0.25) is 0 Å². The Balaban J connectivity index is 1.46. The summed E-state index contributed by atoms with van der Waals surface area (Å²) in [5, 5.41) is 4.87. The zero-order valence-electron chi connectivity index (χ0n) is 14.9. The van der Waals surface area contributed by atoms with Crippen LogP contribution >= 0.6 is 0 Å². The molecule has 0 radical (unpaired) electrons. The maximum atomic E-state index is 11.5. The zero-order valence-corrected chi connectivity index (χ0v) is 14.9. The number of hydrogen-bond acceptors (Lipinski definition) is 2. The lowest BCUT2D eigenvalue weighted by atomic mass is 9.91. The first-order valence-electron chi connectivity index (χ1n) is 9.44. The normalized spacial score (nSPS) is 16.5. The van der Waals surface area contributed by atoms with Crippen LogP contribution in [0.1, 0.15) is 52.5 Å². The zero-order chi connectivity index (χ0) is 17.9. The van der Waals surface area contributed by atoms with Crippen molar-refractivity contribution in [3.8, 4) is 0 Å². The van der Waals surface area contributed by atoms with Gasteiger partial charge in [-0.05, 0) is 68.0 Å². The summed E-state index contributed by atoms with van der Waals surface area (Å²) in [5.41, 5.74) is 11.1. The molecule has 1 aliphatic carbocycles. The molecule has 4 rings (SSSR count). The number of primary amides is 1. The Labute approximate surface area is 153 Å². The van der Waals surface area contributed by atoms with Crippen LogP contribution in [0.15, 0.2) is 48.5 Å². The lowest BCUT2D eigenvalue weighted by Crippen LogP contribution is -2.26. The van der Waals surface area contributed by atoms with Crippen LogP contribution in [0.4, 0.5) is 0 Å². The van der Waals surface area contributed by atoms with Crippen LogP contribution in [-0.2, 0) is 12.8 Å². The fourth-order valence-corrected chi connectivity index (χ4v) is 4.03. The van der Waals surface area contributed by atoms with Crippen molar-refractivity contribution in [2.24, 2.45) is 5.73 Å². The van der Waals surface area contributed by atoms with Crippen LogP contribution in [0.5, 0.6) is 0 Å². The minimum atomic E-state index is -0.367. The quantitative estimate of drug-likeness (QED) is 0.592. The van der Waals surface area contributed by atoms with Crippen LogP contribution in [-0.4, -0.2) is 17.4 Å². The first kappa shape index (κ1) is 16.9. The molecule has 0 bridgehead atoms. The van der Waals surface area contributed by atoms with E-state index in [2.05, 4.69) is 40.6 Å². The molecule has 0 spiro atoms. The highest BCUT2D eigenvalue weighted by molar-refractivity contribution is 5.98. The molecule has 0 saturated heterocycles. The molecule has 134 valence electrons. The third-order valence-electron chi connectivity index (χ3n) is 5.37. The molecule has 3 aromatic rings. The van der Waals surface area contributed by atoms with Gasteiger partial charge in [0.25, 0.3) is 0 Å². The Hall–Kier alpha value is -2.59. The molecule has 4 heteroatoms. The van der Waals surface area contributed by atoms with Gasteiger partial charge in [-0.1, -0.05) is 30.3 Å². The number of carbonyl (C=O) groups excluding carboxylic acids is 1. The topological polar surface area (TPSA) is 70.9 Å². The number of carbonyl (C=O) groups is 1. The number of aromatic amines is 1. The van der Waals surface area contributed by atoms with E-state index in [1.54, 1.807) is 6.07 Å². The van der Waals surface area contributed by atoms with Gasteiger partial charge in [0.15, 0.2) is 0 Å². The van der Waals surface area contributed by atoms with Crippen LogP contribution in [0.25, 0.3) is 10.9 Å². The van der Waals surface area contributed by atoms with Crippen molar-refractivity contribution in [2.45, 2.75) is 38.1 Å². The second-order valence-electron chi connectivity index (χ2n) is 7.13. The average Bonchev–Trinajstić information content (AvgIpc) is 3.04. The molecule has 0 saturated carbocycles. The van der Waals surface area contributed by atoms with E-state index in [0.29, 0.717) is 11.6 Å². The van der Waals surface area contributed by atoms with E-state index in [0.717, 1.165) is 49.6 Å². The second kappa shape index (κ2) is 7.34. The van der Waals surface area contributed by atoms with Crippen molar-refractivity contribution < 1.29 is 4.79 Å². The molecule has 1 atom stereocenters. The molecule has 4 nitrogen and oxygen atoms in total. The lowest BCUT2D eigenvalue weighted by Gasteiger charge is -2.24. The Morgan fingerprint density at radius 3 is 2.85 bits per heavy atom. The fraction of sp³-hybridized carbons (Fsp3) is 0.318. The number of nitrogens with two attached hydrogens (primary N) is 1. The Morgan fingerprint density at radius 1 is 1.19 bits per heavy atom. The molecule has 2 aromatic carbocycles. The van der Waals surface area contributed by atoms with Crippen LogP contribution in [0.3, 0.4) is 0 Å². The summed E-state index contributed by atoms with van der Waals surface area (Å²) in [4.78, 5) is 15.1. The predicted octanol–water partition coefficient (Wildman–Crippen LogP) is 3.87. The van der Waals surface area contributed by atoms with Gasteiger partial charge in [0.2, 0.25) is 5.91 Å². The van der Waals surface area contributed by atoms with Crippen LogP contribution in [0, 0.1) is 0 Å². The number of rotatable bonds is 6. The van der Waals surface area contributed by atoms with Crippen molar-refractivity contribution >= 4 is 16.8 Å². The van der Waals surface area contributed by atoms with Crippen molar-refractivity contribution in [3.05, 3.63) is 70.9 Å². The summed E-state index contributed by atoms with van der Waals surface area (Å²) in [6, 6.07) is 16.7. The maximum Gasteiger partial charge on any atom is 0.248 e. The van der Waals surface area contributed by atoms with E-state index < -0.39 is 0 Å². The van der Waals surface area contributed by atoms with E-state index in [-0.39, 0.29) is 5.91 Å². The summed E-state index contributed by atoms with van der Waals surface area (Å²) < 4.78 is 0. The molecule has 1 unspecified atom stereocenters. The highest BCUT2D eigenvalue weighted by atomic mass is 16.1. The number of nitrogens with one attached hydrogen (secondary N) is 2. The van der Waals surface area contributed by atoms with Crippen molar-refractivity contribution in [3.63, 3.8) is 0 Å². The smallest absolute Gasteiger partial charge is 0.248 e. The van der Waals surface area contributed by atoms with Crippen molar-refractivity contribution in [1.82, 2.24) is 10.3 Å². The first-order valence-corrected chi connectivity index (χ1v) is 9.44. The second-order valence-corrected chi connectivity index (χ2v) is 7.13. The third kappa shape index (κ3) is 3.37. The lowest BCUT2D eigenvalue weighted by molar-refractivity contribution is 0.100. The Morgan fingerprint density at radius 2 is 2.04 bits per heavy atom. The minimum Gasteiger partial charge on any atom is -0.366 e. The van der Waals surface area contributed by atoms with Gasteiger partial charge in [0.05, 0.1) is 0 Å². The summed E-state index contributed by atoms with van der Waals surface area (Å²) in [7, 11) is 0. The number of amides is 1. The van der Waals surface area contributed by atoms with E-state index in [1.807, 2.05) is 12.1 Å². The largest absolute Gasteiger partial charge is 0.366 e. The monoisotopic (exact) mass is 347 g/mol. The Bertz CT molecular complexity index is 914. The molecular weight excluding hydrogens is 322 g/mol. The third-order valence-corrected chi connectivity index (χ3v) is 5.37. The number of H-pyrrole nitrogens is 1. The van der Waals surface area contributed by atoms with Crippen LogP contribution < -0.4 is 11.1 Å². The summed E-state index contributed by atoms with van der Waals surface area (Å²) in [5.74, 6) is -0.367. The highest BCUT2D eigenvalue weighted by Crippen LogP contribution is 2.35. The van der Waals surface area contributed by atoms with Gasteiger partial charge < -0.3 is 16.0 Å². The molecule has 0 aliphatic heterocycles. The summed E-state index contributed by atoms with van der Waals surface area (Å²) in [6.45, 7) is 1.00.